The van der Waals surface area contributed by atoms with Crippen LogP contribution in [0.3, 0.4) is 0 Å². The zero-order chi connectivity index (χ0) is 12.0. The quantitative estimate of drug-likeness (QED) is 0.652. The number of hydrogen-bond donors (Lipinski definition) is 0. The summed E-state index contributed by atoms with van der Waals surface area (Å²) in [6.07, 6.45) is 0. The van der Waals surface area contributed by atoms with Crippen LogP contribution in [0.1, 0.15) is 13.8 Å². The maximum absolute atomic E-state index is 2.49. The molecule has 0 aromatic carbocycles. The van der Waals surface area contributed by atoms with Crippen LogP contribution in [0, 0.1) is 0 Å². The molecule has 0 aromatic rings. The van der Waals surface area contributed by atoms with E-state index in [0.717, 1.165) is 9.52 Å². The lowest BCUT2D eigenvalue weighted by molar-refractivity contribution is 1.35. The summed E-state index contributed by atoms with van der Waals surface area (Å²) in [7, 11) is -1.12. The molecule has 0 atom stereocenters. The van der Waals surface area contributed by atoms with E-state index >= 15 is 0 Å². The molecule has 1 aliphatic heterocycles. The topological polar surface area (TPSA) is 0 Å². The lowest BCUT2D eigenvalue weighted by atomic mass is 10.2. The SMILES string of the molecule is CC1=C([Si](C)(C)C)[Si]C([Si](C)(C)C)=C1C. The van der Waals surface area contributed by atoms with E-state index in [1.807, 2.05) is 9.64 Å². The minimum Gasteiger partial charge on any atom is -0.0870 e. The molecule has 0 unspecified atom stereocenters. The maximum atomic E-state index is 2.49. The largest absolute Gasteiger partial charge is 0.100 e. The standard InChI is InChI=1S/C12H24Si3/c1-9-10(2)12(15(6,7)8)13-11(9)14(3,4)5/h1-8H3. The number of rotatable bonds is 2. The Morgan fingerprint density at radius 3 is 1.07 bits per heavy atom. The molecule has 0 aliphatic carbocycles. The second kappa shape index (κ2) is 3.86. The van der Waals surface area contributed by atoms with Crippen LogP contribution < -0.4 is 0 Å². The van der Waals surface area contributed by atoms with Crippen LogP contribution in [0.5, 0.6) is 0 Å². The van der Waals surface area contributed by atoms with Crippen LogP contribution in [0.2, 0.25) is 39.3 Å². The highest BCUT2D eigenvalue weighted by Gasteiger charge is 2.34. The van der Waals surface area contributed by atoms with Crippen molar-refractivity contribution < 1.29 is 0 Å². The molecule has 15 heavy (non-hydrogen) atoms. The summed E-state index contributed by atoms with van der Waals surface area (Å²) in [5.74, 6) is 0. The second-order valence-corrected chi connectivity index (χ2v) is 18.9. The predicted molar refractivity (Wildman–Crippen MR) is 77.8 cm³/mol. The van der Waals surface area contributed by atoms with Crippen LogP contribution in [0.4, 0.5) is 0 Å². The van der Waals surface area contributed by atoms with Crippen molar-refractivity contribution in [1.29, 1.82) is 0 Å². The van der Waals surface area contributed by atoms with Crippen molar-refractivity contribution in [3.63, 3.8) is 0 Å². The Hall–Kier alpha value is 0.131. The van der Waals surface area contributed by atoms with Gasteiger partial charge in [0.2, 0.25) is 0 Å². The van der Waals surface area contributed by atoms with Gasteiger partial charge in [-0.25, -0.2) is 0 Å². The van der Waals surface area contributed by atoms with E-state index < -0.39 is 16.1 Å². The van der Waals surface area contributed by atoms with Crippen molar-refractivity contribution in [1.82, 2.24) is 0 Å². The van der Waals surface area contributed by atoms with Crippen molar-refractivity contribution in [3.05, 3.63) is 20.8 Å². The third-order valence-electron chi connectivity index (χ3n) is 3.06. The lowest BCUT2D eigenvalue weighted by Crippen LogP contribution is -2.33. The highest BCUT2D eigenvalue weighted by molar-refractivity contribution is 7.03. The van der Waals surface area contributed by atoms with Gasteiger partial charge in [0, 0.05) is 0 Å². The van der Waals surface area contributed by atoms with Crippen LogP contribution in [0.25, 0.3) is 0 Å². The number of allylic oxidation sites excluding steroid dienone is 2. The van der Waals surface area contributed by atoms with Gasteiger partial charge in [-0.15, -0.1) is 0 Å². The molecule has 1 aliphatic rings. The molecule has 3 heteroatoms. The van der Waals surface area contributed by atoms with Crippen LogP contribution >= 0.6 is 0 Å². The first-order chi connectivity index (χ1) is 6.55. The first kappa shape index (κ1) is 13.2. The Balaban J connectivity index is 3.11. The van der Waals surface area contributed by atoms with Crippen molar-refractivity contribution in [2.24, 2.45) is 0 Å². The minimum atomic E-state index is -1.08. The molecule has 1 rings (SSSR count). The first-order valence-corrected chi connectivity index (χ1v) is 13.8. The smallest absolute Gasteiger partial charge is 0.0870 e. The fourth-order valence-corrected chi connectivity index (χ4v) is 9.94. The molecule has 0 spiro atoms. The molecule has 0 saturated carbocycles. The molecule has 0 amide bonds. The van der Waals surface area contributed by atoms with Gasteiger partial charge in [-0.2, -0.15) is 0 Å². The highest BCUT2D eigenvalue weighted by atomic mass is 28.4. The molecular formula is C12H24Si3. The van der Waals surface area contributed by atoms with Crippen LogP contribution in [-0.4, -0.2) is 25.7 Å². The summed E-state index contributed by atoms with van der Waals surface area (Å²) < 4.78 is 0. The molecule has 84 valence electrons. The lowest BCUT2D eigenvalue weighted by Gasteiger charge is -2.23. The van der Waals surface area contributed by atoms with Gasteiger partial charge in [0.1, 0.15) is 9.52 Å². The van der Waals surface area contributed by atoms with Gasteiger partial charge in [-0.1, -0.05) is 60.1 Å². The Morgan fingerprint density at radius 1 is 0.667 bits per heavy atom. The van der Waals surface area contributed by atoms with E-state index in [-0.39, 0.29) is 0 Å². The number of hydrogen-bond acceptors (Lipinski definition) is 0. The van der Waals surface area contributed by atoms with Crippen LogP contribution in [-0.2, 0) is 0 Å². The van der Waals surface area contributed by atoms with E-state index in [0.29, 0.717) is 0 Å². The third-order valence-corrected chi connectivity index (χ3v) is 13.3. The average Bonchev–Trinajstić information content (AvgIpc) is 2.26. The Morgan fingerprint density at radius 2 is 0.933 bits per heavy atom. The molecule has 0 saturated heterocycles. The molecule has 0 aromatic heterocycles. The molecule has 0 N–H and O–H groups in total. The zero-order valence-electron chi connectivity index (χ0n) is 11.5. The Labute approximate surface area is 99.7 Å². The molecular weight excluding hydrogens is 228 g/mol. The van der Waals surface area contributed by atoms with Gasteiger partial charge in [0.25, 0.3) is 0 Å². The van der Waals surface area contributed by atoms with E-state index in [2.05, 4.69) is 53.1 Å². The Kier molecular flexibility index (Phi) is 3.39. The van der Waals surface area contributed by atoms with Gasteiger partial charge in [0.05, 0.1) is 16.1 Å². The molecule has 0 nitrogen and oxygen atoms in total. The predicted octanol–water partition coefficient (Wildman–Crippen LogP) is 4.01. The monoisotopic (exact) mass is 252 g/mol. The molecule has 0 bridgehead atoms. The van der Waals surface area contributed by atoms with Gasteiger partial charge in [-0.05, 0) is 13.8 Å². The van der Waals surface area contributed by atoms with E-state index in [9.17, 15) is 0 Å². The van der Waals surface area contributed by atoms with Gasteiger partial charge >= 0.3 is 0 Å². The van der Waals surface area contributed by atoms with E-state index in [1.165, 1.54) is 0 Å². The minimum absolute atomic E-state index is 1.04. The average molecular weight is 253 g/mol. The highest BCUT2D eigenvalue weighted by Crippen LogP contribution is 2.35. The summed E-state index contributed by atoms with van der Waals surface area (Å²) in [6.45, 7) is 19.6. The van der Waals surface area contributed by atoms with Gasteiger partial charge in [-0.3, -0.25) is 0 Å². The molecule has 1 heterocycles. The zero-order valence-corrected chi connectivity index (χ0v) is 14.5. The van der Waals surface area contributed by atoms with Gasteiger partial charge in [0.15, 0.2) is 0 Å². The molecule has 0 fully saturated rings. The second-order valence-electron chi connectivity index (χ2n) is 6.62. The maximum Gasteiger partial charge on any atom is 0.100 e. The summed E-state index contributed by atoms with van der Waals surface area (Å²) in [4.78, 5) is 3.66. The fourth-order valence-electron chi connectivity index (χ4n) is 2.19. The summed E-state index contributed by atoms with van der Waals surface area (Å²) in [5.41, 5.74) is 3.29. The normalized spacial score (nSPS) is 19.2. The fraction of sp³-hybridized carbons (Fsp3) is 0.667. The van der Waals surface area contributed by atoms with Gasteiger partial charge < -0.3 is 0 Å². The van der Waals surface area contributed by atoms with Crippen molar-refractivity contribution in [2.45, 2.75) is 53.1 Å². The summed E-state index contributed by atoms with van der Waals surface area (Å²) in [6, 6.07) is 0. The van der Waals surface area contributed by atoms with E-state index in [1.54, 1.807) is 11.1 Å². The van der Waals surface area contributed by atoms with E-state index in [4.69, 9.17) is 0 Å². The summed E-state index contributed by atoms with van der Waals surface area (Å²) in [5, 5.41) is 0. The van der Waals surface area contributed by atoms with Crippen LogP contribution in [0.15, 0.2) is 20.8 Å². The third kappa shape index (κ3) is 2.63. The Bertz CT molecular complexity index is 301. The van der Waals surface area contributed by atoms with Crippen molar-refractivity contribution in [3.8, 4) is 0 Å². The van der Waals surface area contributed by atoms with Crippen molar-refractivity contribution >= 4 is 25.7 Å². The van der Waals surface area contributed by atoms with Crippen molar-refractivity contribution in [2.75, 3.05) is 0 Å². The summed E-state index contributed by atoms with van der Waals surface area (Å²) >= 11 is 0. The molecule has 2 radical (unpaired) electrons. The first-order valence-electron chi connectivity index (χ1n) is 5.75.